The third-order valence-corrected chi connectivity index (χ3v) is 2.97. The predicted octanol–water partition coefficient (Wildman–Crippen LogP) is 4.11. The summed E-state index contributed by atoms with van der Waals surface area (Å²) in [4.78, 5) is 14.5. The van der Waals surface area contributed by atoms with Crippen LogP contribution in [0.4, 0.5) is 20.3 Å². The van der Waals surface area contributed by atoms with Crippen molar-refractivity contribution in [3.63, 3.8) is 0 Å². The van der Waals surface area contributed by atoms with E-state index < -0.39 is 23.2 Å². The largest absolute Gasteiger partial charge is 0.478 e. The zero-order chi connectivity index (χ0) is 14.9. The zero-order valence-electron chi connectivity index (χ0n) is 9.62. The number of carboxylic acids is 1. The Morgan fingerprint density at radius 3 is 2.40 bits per heavy atom. The van der Waals surface area contributed by atoms with Gasteiger partial charge in [-0.2, -0.15) is 0 Å². The van der Waals surface area contributed by atoms with Crippen molar-refractivity contribution in [3.8, 4) is 0 Å². The number of halogens is 4. The van der Waals surface area contributed by atoms with Crippen molar-refractivity contribution < 1.29 is 18.7 Å². The van der Waals surface area contributed by atoms with Gasteiger partial charge in [-0.15, -0.1) is 0 Å². The van der Waals surface area contributed by atoms with Crippen molar-refractivity contribution in [2.75, 3.05) is 5.32 Å². The standard InChI is InChI=1S/C12H6Cl2F2N2O2/c13-7-3-5(15)4-8(14)10(7)18-11-9(16)6(12(19)20)1-2-17-11/h1-4H,(H,17,18)(H,19,20). The first-order chi connectivity index (χ1) is 9.40. The minimum Gasteiger partial charge on any atom is -0.478 e. The van der Waals surface area contributed by atoms with Crippen LogP contribution in [-0.2, 0) is 0 Å². The number of rotatable bonds is 3. The molecule has 0 fully saturated rings. The van der Waals surface area contributed by atoms with E-state index in [1.54, 1.807) is 0 Å². The van der Waals surface area contributed by atoms with Gasteiger partial charge in [0, 0.05) is 6.20 Å². The Balaban J connectivity index is 2.46. The van der Waals surface area contributed by atoms with Crippen molar-refractivity contribution in [1.29, 1.82) is 0 Å². The number of carbonyl (C=O) groups is 1. The molecular weight excluding hydrogens is 313 g/mol. The topological polar surface area (TPSA) is 62.2 Å². The minimum atomic E-state index is -1.44. The molecule has 0 aliphatic rings. The fourth-order valence-corrected chi connectivity index (χ4v) is 2.03. The van der Waals surface area contributed by atoms with Gasteiger partial charge >= 0.3 is 5.97 Å². The summed E-state index contributed by atoms with van der Waals surface area (Å²) < 4.78 is 26.9. The van der Waals surface area contributed by atoms with E-state index in [2.05, 4.69) is 10.3 Å². The number of hydrogen-bond donors (Lipinski definition) is 2. The molecule has 1 aromatic heterocycles. The Morgan fingerprint density at radius 1 is 1.25 bits per heavy atom. The fourth-order valence-electron chi connectivity index (χ4n) is 1.48. The molecule has 2 rings (SSSR count). The average molecular weight is 319 g/mol. The van der Waals surface area contributed by atoms with Gasteiger partial charge in [0.1, 0.15) is 11.4 Å². The van der Waals surface area contributed by atoms with Gasteiger partial charge < -0.3 is 10.4 Å². The van der Waals surface area contributed by atoms with Gasteiger partial charge in [-0.1, -0.05) is 23.2 Å². The average Bonchev–Trinajstić information content (AvgIpc) is 2.35. The van der Waals surface area contributed by atoms with Crippen molar-refractivity contribution in [2.45, 2.75) is 0 Å². The molecule has 0 unspecified atom stereocenters. The van der Waals surface area contributed by atoms with Crippen LogP contribution in [0, 0.1) is 11.6 Å². The van der Waals surface area contributed by atoms with E-state index in [0.717, 1.165) is 24.4 Å². The molecule has 0 amide bonds. The van der Waals surface area contributed by atoms with Crippen LogP contribution in [0.3, 0.4) is 0 Å². The van der Waals surface area contributed by atoms with E-state index in [4.69, 9.17) is 28.3 Å². The molecule has 8 heteroatoms. The smallest absolute Gasteiger partial charge is 0.338 e. The third kappa shape index (κ3) is 2.81. The number of hydrogen-bond acceptors (Lipinski definition) is 3. The predicted molar refractivity (Wildman–Crippen MR) is 70.9 cm³/mol. The molecule has 0 aliphatic heterocycles. The van der Waals surface area contributed by atoms with Crippen LogP contribution in [0.5, 0.6) is 0 Å². The van der Waals surface area contributed by atoms with Crippen molar-refractivity contribution in [1.82, 2.24) is 4.98 Å². The van der Waals surface area contributed by atoms with Crippen LogP contribution in [0.15, 0.2) is 24.4 Å². The Kier molecular flexibility index (Phi) is 4.06. The maximum absolute atomic E-state index is 13.9. The van der Waals surface area contributed by atoms with Crippen molar-refractivity contribution >= 4 is 40.7 Å². The second kappa shape index (κ2) is 5.60. The van der Waals surface area contributed by atoms with Crippen LogP contribution >= 0.6 is 23.2 Å². The quantitative estimate of drug-likeness (QED) is 0.894. The van der Waals surface area contributed by atoms with Gasteiger partial charge in [0.15, 0.2) is 11.6 Å². The van der Waals surface area contributed by atoms with Crippen LogP contribution in [0.25, 0.3) is 0 Å². The number of anilines is 2. The first-order valence-electron chi connectivity index (χ1n) is 5.19. The SMILES string of the molecule is O=C(O)c1ccnc(Nc2c(Cl)cc(F)cc2Cl)c1F. The monoisotopic (exact) mass is 318 g/mol. The lowest BCUT2D eigenvalue weighted by molar-refractivity contribution is 0.0692. The molecule has 0 saturated carbocycles. The lowest BCUT2D eigenvalue weighted by Crippen LogP contribution is -2.06. The summed E-state index contributed by atoms with van der Waals surface area (Å²) in [5.41, 5.74) is -0.527. The van der Waals surface area contributed by atoms with E-state index >= 15 is 0 Å². The van der Waals surface area contributed by atoms with E-state index in [-0.39, 0.29) is 21.6 Å². The summed E-state index contributed by atoms with van der Waals surface area (Å²) in [6.07, 6.45) is 1.11. The summed E-state index contributed by atoms with van der Waals surface area (Å²) in [6, 6.07) is 2.97. The van der Waals surface area contributed by atoms with Crippen LogP contribution in [0.1, 0.15) is 10.4 Å². The number of nitrogens with one attached hydrogen (secondary N) is 1. The highest BCUT2D eigenvalue weighted by Gasteiger charge is 2.17. The molecule has 0 spiro atoms. The highest BCUT2D eigenvalue weighted by Crippen LogP contribution is 2.34. The number of carboxylic acid groups (broad SMARTS) is 1. The molecule has 2 N–H and O–H groups in total. The number of benzene rings is 1. The van der Waals surface area contributed by atoms with Crippen molar-refractivity contribution in [3.05, 3.63) is 51.6 Å². The summed E-state index contributed by atoms with van der Waals surface area (Å²) in [5.74, 6) is -3.54. The van der Waals surface area contributed by atoms with Crippen LogP contribution in [-0.4, -0.2) is 16.1 Å². The Morgan fingerprint density at radius 2 is 1.85 bits per heavy atom. The second-order valence-corrected chi connectivity index (χ2v) is 4.51. The molecule has 104 valence electrons. The number of aromatic carboxylic acids is 1. The minimum absolute atomic E-state index is 0.0312. The Bertz CT molecular complexity index is 672. The van der Waals surface area contributed by atoms with E-state index in [0.29, 0.717) is 0 Å². The van der Waals surface area contributed by atoms with Crippen molar-refractivity contribution in [2.24, 2.45) is 0 Å². The van der Waals surface area contributed by atoms with E-state index in [9.17, 15) is 13.6 Å². The molecule has 0 radical (unpaired) electrons. The molecule has 0 atom stereocenters. The molecular formula is C12H6Cl2F2N2O2. The maximum atomic E-state index is 13.9. The van der Waals surface area contributed by atoms with Gasteiger partial charge in [0.2, 0.25) is 0 Å². The van der Waals surface area contributed by atoms with Gasteiger partial charge in [0.25, 0.3) is 0 Å². The molecule has 0 aliphatic carbocycles. The van der Waals surface area contributed by atoms with Gasteiger partial charge in [-0.25, -0.2) is 18.6 Å². The van der Waals surface area contributed by atoms with Gasteiger partial charge in [0.05, 0.1) is 15.7 Å². The second-order valence-electron chi connectivity index (χ2n) is 3.70. The summed E-state index contributed by atoms with van der Waals surface area (Å²) in [7, 11) is 0. The van der Waals surface area contributed by atoms with Crippen LogP contribution in [0.2, 0.25) is 10.0 Å². The lowest BCUT2D eigenvalue weighted by atomic mass is 10.2. The number of pyridine rings is 1. The first kappa shape index (κ1) is 14.5. The summed E-state index contributed by atoms with van der Waals surface area (Å²) in [5, 5.41) is 11.1. The molecule has 1 heterocycles. The fraction of sp³-hybridized carbons (Fsp3) is 0. The highest BCUT2D eigenvalue weighted by atomic mass is 35.5. The summed E-state index contributed by atoms with van der Waals surface area (Å²) >= 11 is 11.6. The molecule has 2 aromatic rings. The van der Waals surface area contributed by atoms with E-state index in [1.807, 2.05) is 0 Å². The van der Waals surface area contributed by atoms with Crippen LogP contribution < -0.4 is 5.32 Å². The van der Waals surface area contributed by atoms with Gasteiger partial charge in [-0.3, -0.25) is 0 Å². The Hall–Kier alpha value is -1.92. The molecule has 20 heavy (non-hydrogen) atoms. The summed E-state index contributed by atoms with van der Waals surface area (Å²) in [6.45, 7) is 0. The maximum Gasteiger partial charge on any atom is 0.338 e. The third-order valence-electron chi connectivity index (χ3n) is 2.37. The molecule has 0 saturated heterocycles. The van der Waals surface area contributed by atoms with Gasteiger partial charge in [-0.05, 0) is 18.2 Å². The van der Waals surface area contributed by atoms with E-state index in [1.165, 1.54) is 0 Å². The molecule has 0 bridgehead atoms. The molecule has 4 nitrogen and oxygen atoms in total. The number of aromatic nitrogens is 1. The zero-order valence-corrected chi connectivity index (χ0v) is 11.1. The highest BCUT2D eigenvalue weighted by molar-refractivity contribution is 6.39. The normalized spacial score (nSPS) is 10.4. The number of nitrogens with zero attached hydrogens (tertiary/aromatic N) is 1. The first-order valence-corrected chi connectivity index (χ1v) is 5.95. The molecule has 1 aromatic carbocycles. The Labute approximate surface area is 122 Å². The lowest BCUT2D eigenvalue weighted by Gasteiger charge is -2.11.